The minimum absolute atomic E-state index is 0.534. The minimum atomic E-state index is -3.42. The van der Waals surface area contributed by atoms with Crippen LogP contribution in [0.15, 0.2) is 30.3 Å². The Morgan fingerprint density at radius 3 is 2.45 bits per heavy atom. The highest BCUT2D eigenvalue weighted by molar-refractivity contribution is 7.90. The zero-order chi connectivity index (χ0) is 14.4. The molecule has 5 nitrogen and oxygen atoms in total. The Kier molecular flexibility index (Phi) is 5.39. The number of benzene rings is 1. The Morgan fingerprint density at radius 1 is 1.20 bits per heavy atom. The zero-order valence-corrected chi connectivity index (χ0v) is 12.8. The third-order valence-electron chi connectivity index (χ3n) is 3.44. The zero-order valence-electron chi connectivity index (χ0n) is 12.0. The first-order valence-corrected chi connectivity index (χ1v) is 8.59. The summed E-state index contributed by atoms with van der Waals surface area (Å²) >= 11 is 0. The van der Waals surface area contributed by atoms with Crippen LogP contribution in [0, 0.1) is 0 Å². The highest BCUT2D eigenvalue weighted by atomic mass is 32.2. The Bertz CT molecular complexity index is 498. The average Bonchev–Trinajstić information content (AvgIpc) is 2.49. The predicted octanol–water partition coefficient (Wildman–Crippen LogP) is 1.44. The highest BCUT2D eigenvalue weighted by Crippen LogP contribution is 2.21. The standard InChI is InChI=1S/C14H23N3O2S/c1-2-3-11-17(14-7-5-4-6-8-14)20(18,19)16-12-9-15-10-13-16/h4-8,15H,2-3,9-13H2,1H3. The number of piperazine rings is 1. The van der Waals surface area contributed by atoms with Crippen LogP contribution in [0.5, 0.6) is 0 Å². The molecule has 1 fully saturated rings. The van der Waals surface area contributed by atoms with E-state index in [0.717, 1.165) is 31.6 Å². The maximum Gasteiger partial charge on any atom is 0.304 e. The van der Waals surface area contributed by atoms with Crippen molar-refractivity contribution in [3.63, 3.8) is 0 Å². The molecule has 0 amide bonds. The van der Waals surface area contributed by atoms with Crippen LogP contribution in [0.25, 0.3) is 0 Å². The molecule has 6 heteroatoms. The molecule has 20 heavy (non-hydrogen) atoms. The van der Waals surface area contributed by atoms with Gasteiger partial charge in [-0.2, -0.15) is 12.7 Å². The molecule has 2 rings (SSSR count). The molecular weight excluding hydrogens is 274 g/mol. The van der Waals surface area contributed by atoms with Gasteiger partial charge in [0.1, 0.15) is 0 Å². The first kappa shape index (κ1) is 15.3. The Hall–Kier alpha value is -1.11. The maximum atomic E-state index is 12.8. The fourth-order valence-electron chi connectivity index (χ4n) is 2.29. The third kappa shape index (κ3) is 3.50. The minimum Gasteiger partial charge on any atom is -0.314 e. The summed E-state index contributed by atoms with van der Waals surface area (Å²) in [6.45, 7) is 5.12. The van der Waals surface area contributed by atoms with Gasteiger partial charge in [-0.15, -0.1) is 0 Å². The SMILES string of the molecule is CCCCN(c1ccccc1)S(=O)(=O)N1CCNCC1. The van der Waals surface area contributed by atoms with Crippen molar-refractivity contribution in [2.24, 2.45) is 0 Å². The molecule has 1 heterocycles. The number of nitrogens with zero attached hydrogens (tertiary/aromatic N) is 2. The van der Waals surface area contributed by atoms with E-state index in [1.54, 1.807) is 8.61 Å². The van der Waals surface area contributed by atoms with Gasteiger partial charge in [-0.25, -0.2) is 0 Å². The molecule has 1 N–H and O–H groups in total. The van der Waals surface area contributed by atoms with Crippen molar-refractivity contribution in [3.8, 4) is 0 Å². The van der Waals surface area contributed by atoms with Crippen LogP contribution in [-0.2, 0) is 10.2 Å². The van der Waals surface area contributed by atoms with E-state index in [4.69, 9.17) is 0 Å². The number of hydrogen-bond acceptors (Lipinski definition) is 3. The van der Waals surface area contributed by atoms with Crippen LogP contribution < -0.4 is 9.62 Å². The molecule has 0 radical (unpaired) electrons. The fourth-order valence-corrected chi connectivity index (χ4v) is 3.96. The van der Waals surface area contributed by atoms with Gasteiger partial charge >= 0.3 is 10.2 Å². The van der Waals surface area contributed by atoms with E-state index in [0.29, 0.717) is 19.6 Å². The third-order valence-corrected chi connectivity index (χ3v) is 5.41. The summed E-state index contributed by atoms with van der Waals surface area (Å²) in [6.07, 6.45) is 1.83. The molecule has 1 aliphatic rings. The predicted molar refractivity (Wildman–Crippen MR) is 82.1 cm³/mol. The monoisotopic (exact) mass is 297 g/mol. The van der Waals surface area contributed by atoms with E-state index < -0.39 is 10.2 Å². The van der Waals surface area contributed by atoms with Crippen molar-refractivity contribution >= 4 is 15.9 Å². The highest BCUT2D eigenvalue weighted by Gasteiger charge is 2.30. The van der Waals surface area contributed by atoms with Crippen molar-refractivity contribution in [1.29, 1.82) is 0 Å². The summed E-state index contributed by atoms with van der Waals surface area (Å²) < 4.78 is 28.8. The smallest absolute Gasteiger partial charge is 0.304 e. The molecule has 0 unspecified atom stereocenters. The normalized spacial score (nSPS) is 17.1. The number of anilines is 1. The molecule has 0 saturated carbocycles. The van der Waals surface area contributed by atoms with Crippen molar-refractivity contribution in [2.45, 2.75) is 19.8 Å². The van der Waals surface area contributed by atoms with Crippen LogP contribution in [0.1, 0.15) is 19.8 Å². The maximum absolute atomic E-state index is 12.8. The summed E-state index contributed by atoms with van der Waals surface area (Å²) in [5.41, 5.74) is 0.750. The van der Waals surface area contributed by atoms with Crippen molar-refractivity contribution in [2.75, 3.05) is 37.0 Å². The van der Waals surface area contributed by atoms with E-state index >= 15 is 0 Å². The number of nitrogens with one attached hydrogen (secondary N) is 1. The molecule has 0 aromatic heterocycles. The lowest BCUT2D eigenvalue weighted by molar-refractivity contribution is 0.358. The molecule has 1 aromatic carbocycles. The van der Waals surface area contributed by atoms with Gasteiger partial charge in [0, 0.05) is 32.7 Å². The first-order chi connectivity index (χ1) is 9.66. The lowest BCUT2D eigenvalue weighted by atomic mass is 10.3. The van der Waals surface area contributed by atoms with Gasteiger partial charge in [0.15, 0.2) is 0 Å². The summed E-state index contributed by atoms with van der Waals surface area (Å²) in [6, 6.07) is 9.37. The van der Waals surface area contributed by atoms with E-state index in [-0.39, 0.29) is 0 Å². The van der Waals surface area contributed by atoms with E-state index in [1.807, 2.05) is 30.3 Å². The topological polar surface area (TPSA) is 52.7 Å². The van der Waals surface area contributed by atoms with Crippen molar-refractivity contribution in [3.05, 3.63) is 30.3 Å². The molecule has 0 atom stereocenters. The van der Waals surface area contributed by atoms with Crippen LogP contribution in [-0.4, -0.2) is 45.4 Å². The van der Waals surface area contributed by atoms with Crippen LogP contribution in [0.3, 0.4) is 0 Å². The number of hydrogen-bond donors (Lipinski definition) is 1. The summed E-state index contributed by atoms with van der Waals surface area (Å²) in [7, 11) is -3.42. The van der Waals surface area contributed by atoms with Gasteiger partial charge in [0.05, 0.1) is 5.69 Å². The Labute approximate surface area is 121 Å². The Balaban J connectivity index is 2.25. The molecule has 0 aliphatic carbocycles. The van der Waals surface area contributed by atoms with Gasteiger partial charge in [0.2, 0.25) is 0 Å². The van der Waals surface area contributed by atoms with Gasteiger partial charge in [-0.3, -0.25) is 4.31 Å². The second-order valence-electron chi connectivity index (χ2n) is 4.92. The summed E-state index contributed by atoms with van der Waals surface area (Å²) in [5.74, 6) is 0. The Morgan fingerprint density at radius 2 is 1.85 bits per heavy atom. The molecule has 1 aromatic rings. The first-order valence-electron chi connectivity index (χ1n) is 7.20. The second-order valence-corrected chi connectivity index (χ2v) is 6.77. The lowest BCUT2D eigenvalue weighted by Gasteiger charge is -2.33. The van der Waals surface area contributed by atoms with Gasteiger partial charge in [-0.1, -0.05) is 31.5 Å². The van der Waals surface area contributed by atoms with Gasteiger partial charge < -0.3 is 5.32 Å². The molecule has 112 valence electrons. The molecule has 0 bridgehead atoms. The molecular formula is C14H23N3O2S. The van der Waals surface area contributed by atoms with Crippen molar-refractivity contribution in [1.82, 2.24) is 9.62 Å². The largest absolute Gasteiger partial charge is 0.314 e. The number of rotatable bonds is 6. The molecule has 1 saturated heterocycles. The summed E-state index contributed by atoms with van der Waals surface area (Å²) in [5, 5.41) is 3.18. The average molecular weight is 297 g/mol. The quantitative estimate of drug-likeness (QED) is 0.864. The van der Waals surface area contributed by atoms with Crippen LogP contribution in [0.4, 0.5) is 5.69 Å². The number of unbranched alkanes of at least 4 members (excludes halogenated alkanes) is 1. The molecule has 1 aliphatic heterocycles. The van der Waals surface area contributed by atoms with Crippen LogP contribution in [0.2, 0.25) is 0 Å². The van der Waals surface area contributed by atoms with E-state index in [9.17, 15) is 8.42 Å². The van der Waals surface area contributed by atoms with E-state index in [1.165, 1.54) is 0 Å². The van der Waals surface area contributed by atoms with E-state index in [2.05, 4.69) is 12.2 Å². The van der Waals surface area contributed by atoms with Crippen LogP contribution >= 0.6 is 0 Å². The fraction of sp³-hybridized carbons (Fsp3) is 0.571. The van der Waals surface area contributed by atoms with Gasteiger partial charge in [-0.05, 0) is 18.6 Å². The molecule has 0 spiro atoms. The van der Waals surface area contributed by atoms with Crippen molar-refractivity contribution < 1.29 is 8.42 Å². The summed E-state index contributed by atoms with van der Waals surface area (Å²) in [4.78, 5) is 0. The van der Waals surface area contributed by atoms with Gasteiger partial charge in [0.25, 0.3) is 0 Å². The lowest BCUT2D eigenvalue weighted by Crippen LogP contribution is -2.52. The second kappa shape index (κ2) is 7.06. The number of para-hydroxylation sites is 1.